The molecule has 0 atom stereocenters. The minimum atomic E-state index is -3.99. The summed E-state index contributed by atoms with van der Waals surface area (Å²) in [6.07, 6.45) is 3.78. The van der Waals surface area contributed by atoms with Crippen molar-refractivity contribution >= 4 is 21.6 Å². The van der Waals surface area contributed by atoms with Gasteiger partial charge in [-0.2, -0.15) is 0 Å². The smallest absolute Gasteiger partial charge is 0.264 e. The van der Waals surface area contributed by atoms with Crippen LogP contribution < -0.4 is 14.4 Å². The van der Waals surface area contributed by atoms with Gasteiger partial charge in [0.2, 0.25) is 5.91 Å². The molecule has 1 N–H and O–H groups in total. The van der Waals surface area contributed by atoms with Crippen molar-refractivity contribution in [3.63, 3.8) is 0 Å². The Bertz CT molecular complexity index is 1300. The quantitative estimate of drug-likeness (QED) is 0.425. The van der Waals surface area contributed by atoms with Crippen molar-refractivity contribution in [1.29, 1.82) is 0 Å². The SMILES string of the molecule is COc1cccc(N(CC(=O)NCc2cccc(CN3CCCCC3)c2)S(=O)(=O)c2ccc(C)cc2)c1. The van der Waals surface area contributed by atoms with Crippen LogP contribution in [0.5, 0.6) is 5.75 Å². The molecular weight excluding hydrogens is 486 g/mol. The molecule has 0 unspecified atom stereocenters. The summed E-state index contributed by atoms with van der Waals surface area (Å²) in [6.45, 7) is 5.01. The number of methoxy groups -OCH3 is 1. The summed E-state index contributed by atoms with van der Waals surface area (Å²) >= 11 is 0. The highest BCUT2D eigenvalue weighted by Gasteiger charge is 2.27. The number of benzene rings is 3. The minimum absolute atomic E-state index is 0.124. The molecule has 196 valence electrons. The number of hydrogen-bond acceptors (Lipinski definition) is 5. The number of nitrogens with zero attached hydrogens (tertiary/aromatic N) is 2. The molecule has 1 fully saturated rings. The van der Waals surface area contributed by atoms with Gasteiger partial charge in [0.1, 0.15) is 12.3 Å². The number of nitrogens with one attached hydrogen (secondary N) is 1. The van der Waals surface area contributed by atoms with Crippen LogP contribution in [0.3, 0.4) is 0 Å². The van der Waals surface area contributed by atoms with Gasteiger partial charge >= 0.3 is 0 Å². The van der Waals surface area contributed by atoms with Crippen LogP contribution in [0.4, 0.5) is 5.69 Å². The Morgan fingerprint density at radius 2 is 1.65 bits per heavy atom. The monoisotopic (exact) mass is 521 g/mol. The first-order valence-electron chi connectivity index (χ1n) is 12.7. The van der Waals surface area contributed by atoms with Gasteiger partial charge in [-0.15, -0.1) is 0 Å². The number of hydrogen-bond donors (Lipinski definition) is 1. The number of anilines is 1. The fraction of sp³-hybridized carbons (Fsp3) is 0.345. The van der Waals surface area contributed by atoms with E-state index in [2.05, 4.69) is 22.3 Å². The molecule has 0 spiro atoms. The Labute approximate surface area is 220 Å². The number of ether oxygens (including phenoxy) is 1. The third-order valence-corrected chi connectivity index (χ3v) is 8.36. The number of sulfonamides is 1. The zero-order valence-electron chi connectivity index (χ0n) is 21.5. The Hall–Kier alpha value is -3.36. The van der Waals surface area contributed by atoms with E-state index in [1.807, 2.05) is 19.1 Å². The highest BCUT2D eigenvalue weighted by atomic mass is 32.2. The second-order valence-electron chi connectivity index (χ2n) is 9.46. The van der Waals surface area contributed by atoms with E-state index < -0.39 is 10.0 Å². The molecule has 8 heteroatoms. The number of rotatable bonds is 10. The summed E-state index contributed by atoms with van der Waals surface area (Å²) in [5.41, 5.74) is 3.51. The predicted octanol–water partition coefficient (Wildman–Crippen LogP) is 4.50. The molecule has 4 rings (SSSR count). The zero-order valence-corrected chi connectivity index (χ0v) is 22.3. The summed E-state index contributed by atoms with van der Waals surface area (Å²) in [7, 11) is -2.47. The molecular formula is C29H35N3O4S. The van der Waals surface area contributed by atoms with Gasteiger partial charge in [-0.05, 0) is 68.2 Å². The molecule has 1 amide bonds. The third-order valence-electron chi connectivity index (χ3n) is 6.57. The normalized spacial score (nSPS) is 14.2. The van der Waals surface area contributed by atoms with Gasteiger partial charge in [-0.3, -0.25) is 14.0 Å². The first-order chi connectivity index (χ1) is 17.8. The van der Waals surface area contributed by atoms with Gasteiger partial charge in [0.25, 0.3) is 10.0 Å². The molecule has 3 aromatic carbocycles. The van der Waals surface area contributed by atoms with E-state index in [1.54, 1.807) is 48.5 Å². The molecule has 0 aliphatic carbocycles. The number of aryl methyl sites for hydroxylation is 1. The van der Waals surface area contributed by atoms with Crippen LogP contribution in [0.1, 0.15) is 36.0 Å². The lowest BCUT2D eigenvalue weighted by atomic mass is 10.1. The molecule has 1 aliphatic heterocycles. The maximum atomic E-state index is 13.6. The molecule has 1 aliphatic rings. The zero-order chi connectivity index (χ0) is 26.3. The average Bonchev–Trinajstić information content (AvgIpc) is 2.91. The summed E-state index contributed by atoms with van der Waals surface area (Å²) in [4.78, 5) is 15.6. The average molecular weight is 522 g/mol. The summed E-state index contributed by atoms with van der Waals surface area (Å²) in [5.74, 6) is 0.118. The van der Waals surface area contributed by atoms with E-state index in [-0.39, 0.29) is 17.3 Å². The lowest BCUT2D eigenvalue weighted by molar-refractivity contribution is -0.119. The molecule has 0 bridgehead atoms. The van der Waals surface area contributed by atoms with Crippen LogP contribution in [0.25, 0.3) is 0 Å². The van der Waals surface area contributed by atoms with Crippen LogP contribution in [0, 0.1) is 6.92 Å². The van der Waals surface area contributed by atoms with Gasteiger partial charge in [0.05, 0.1) is 17.7 Å². The predicted molar refractivity (Wildman–Crippen MR) is 146 cm³/mol. The van der Waals surface area contributed by atoms with Gasteiger partial charge in [-0.1, -0.05) is 54.4 Å². The number of carbonyl (C=O) groups is 1. The molecule has 3 aromatic rings. The Balaban J connectivity index is 1.48. The minimum Gasteiger partial charge on any atom is -0.497 e. The molecule has 0 radical (unpaired) electrons. The number of amides is 1. The molecule has 0 aromatic heterocycles. The van der Waals surface area contributed by atoms with Gasteiger partial charge in [0, 0.05) is 19.2 Å². The topological polar surface area (TPSA) is 79.0 Å². The van der Waals surface area contributed by atoms with Crippen molar-refractivity contribution in [3.05, 3.63) is 89.5 Å². The van der Waals surface area contributed by atoms with E-state index >= 15 is 0 Å². The second-order valence-corrected chi connectivity index (χ2v) is 11.3. The fourth-order valence-electron chi connectivity index (χ4n) is 4.52. The lowest BCUT2D eigenvalue weighted by Crippen LogP contribution is -2.40. The summed E-state index contributed by atoms with van der Waals surface area (Å²) < 4.78 is 33.6. The van der Waals surface area contributed by atoms with Crippen molar-refractivity contribution in [2.45, 2.75) is 44.2 Å². The number of carbonyl (C=O) groups excluding carboxylic acids is 1. The summed E-state index contributed by atoms with van der Waals surface area (Å²) in [5, 5.41) is 2.90. The van der Waals surface area contributed by atoms with Gasteiger partial charge in [-0.25, -0.2) is 8.42 Å². The van der Waals surface area contributed by atoms with E-state index in [9.17, 15) is 13.2 Å². The van der Waals surface area contributed by atoms with Crippen molar-refractivity contribution < 1.29 is 17.9 Å². The van der Waals surface area contributed by atoms with Gasteiger partial charge < -0.3 is 10.1 Å². The maximum Gasteiger partial charge on any atom is 0.264 e. The van der Waals surface area contributed by atoms with E-state index in [4.69, 9.17) is 4.74 Å². The van der Waals surface area contributed by atoms with Crippen molar-refractivity contribution in [1.82, 2.24) is 10.2 Å². The molecule has 7 nitrogen and oxygen atoms in total. The third kappa shape index (κ3) is 7.11. The molecule has 1 heterocycles. The van der Waals surface area contributed by atoms with E-state index in [1.165, 1.54) is 31.9 Å². The Morgan fingerprint density at radius 3 is 2.38 bits per heavy atom. The number of likely N-dealkylation sites (tertiary alicyclic amines) is 1. The lowest BCUT2D eigenvalue weighted by Gasteiger charge is -2.26. The van der Waals surface area contributed by atoms with Crippen LogP contribution in [-0.2, 0) is 27.9 Å². The molecule has 37 heavy (non-hydrogen) atoms. The van der Waals surface area contributed by atoms with Crippen LogP contribution >= 0.6 is 0 Å². The summed E-state index contributed by atoms with van der Waals surface area (Å²) in [6, 6.07) is 21.5. The van der Waals surface area contributed by atoms with Crippen molar-refractivity contribution in [3.8, 4) is 5.75 Å². The van der Waals surface area contributed by atoms with Crippen LogP contribution in [0.2, 0.25) is 0 Å². The van der Waals surface area contributed by atoms with E-state index in [0.29, 0.717) is 18.0 Å². The van der Waals surface area contributed by atoms with E-state index in [0.717, 1.165) is 35.1 Å². The van der Waals surface area contributed by atoms with Crippen molar-refractivity contribution in [2.75, 3.05) is 31.0 Å². The first kappa shape index (κ1) is 26.7. The molecule has 1 saturated heterocycles. The first-order valence-corrected chi connectivity index (χ1v) is 14.1. The number of piperidine rings is 1. The largest absolute Gasteiger partial charge is 0.497 e. The fourth-order valence-corrected chi connectivity index (χ4v) is 5.93. The Morgan fingerprint density at radius 1 is 0.946 bits per heavy atom. The molecule has 0 saturated carbocycles. The Kier molecular flexibility index (Phi) is 8.84. The van der Waals surface area contributed by atoms with Crippen molar-refractivity contribution in [2.24, 2.45) is 0 Å². The van der Waals surface area contributed by atoms with Crippen LogP contribution in [0.15, 0.2) is 77.7 Å². The highest BCUT2D eigenvalue weighted by Crippen LogP contribution is 2.27. The second kappa shape index (κ2) is 12.3. The van der Waals surface area contributed by atoms with Gasteiger partial charge in [0.15, 0.2) is 0 Å². The maximum absolute atomic E-state index is 13.6. The highest BCUT2D eigenvalue weighted by molar-refractivity contribution is 7.92. The van der Waals surface area contributed by atoms with Crippen LogP contribution in [-0.4, -0.2) is 46.0 Å². The standard InChI is InChI=1S/C29H35N3O4S/c1-23-12-14-28(15-13-23)37(34,35)32(26-10-7-11-27(19-26)36-2)22-29(33)30-20-24-8-6-9-25(18-24)21-31-16-4-3-5-17-31/h6-15,18-19H,3-5,16-17,20-22H2,1-2H3,(H,30,33).